The molecule has 3 atom stereocenters. The summed E-state index contributed by atoms with van der Waals surface area (Å²) in [5.74, 6) is 2.15. The molecule has 7 rings (SSSR count). The van der Waals surface area contributed by atoms with Gasteiger partial charge in [0.25, 0.3) is 0 Å². The zero-order valence-corrected chi connectivity index (χ0v) is 23.4. The summed E-state index contributed by atoms with van der Waals surface area (Å²) in [6, 6.07) is 24.5. The van der Waals surface area contributed by atoms with E-state index >= 15 is 0 Å². The van der Waals surface area contributed by atoms with Crippen molar-refractivity contribution in [1.82, 2.24) is 0 Å². The third kappa shape index (κ3) is 4.75. The number of rotatable bonds is 12. The highest BCUT2D eigenvalue weighted by atomic mass is 16.6. The van der Waals surface area contributed by atoms with Crippen molar-refractivity contribution in [3.63, 3.8) is 0 Å². The normalized spacial score (nSPS) is 23.0. The van der Waals surface area contributed by atoms with Crippen LogP contribution >= 0.6 is 0 Å². The minimum absolute atomic E-state index is 0.204. The van der Waals surface area contributed by atoms with Gasteiger partial charge in [0.1, 0.15) is 31.2 Å². The molecule has 41 heavy (non-hydrogen) atoms. The molecule has 0 spiro atoms. The van der Waals surface area contributed by atoms with E-state index in [1.54, 1.807) is 0 Å². The van der Waals surface area contributed by atoms with E-state index in [4.69, 9.17) is 18.9 Å². The molecule has 0 saturated carbocycles. The van der Waals surface area contributed by atoms with Crippen LogP contribution in [0.2, 0.25) is 0 Å². The molecular formula is C37H36O4. The molecule has 4 aliphatic rings. The average molecular weight is 545 g/mol. The van der Waals surface area contributed by atoms with Gasteiger partial charge in [0, 0.05) is 5.92 Å². The van der Waals surface area contributed by atoms with Crippen LogP contribution in [0.3, 0.4) is 0 Å². The molecule has 2 aliphatic heterocycles. The third-order valence-electron chi connectivity index (χ3n) is 8.73. The fraction of sp³-hybridized carbons (Fsp3) is 0.297. The first kappa shape index (κ1) is 26.1. The Balaban J connectivity index is 1.40. The van der Waals surface area contributed by atoms with E-state index in [9.17, 15) is 0 Å². The molecular weight excluding hydrogens is 508 g/mol. The summed E-state index contributed by atoms with van der Waals surface area (Å²) in [4.78, 5) is 0. The van der Waals surface area contributed by atoms with Gasteiger partial charge < -0.3 is 18.9 Å². The Kier molecular flexibility index (Phi) is 6.90. The second-order valence-corrected chi connectivity index (χ2v) is 11.4. The maximum atomic E-state index is 6.28. The predicted molar refractivity (Wildman–Crippen MR) is 162 cm³/mol. The van der Waals surface area contributed by atoms with Gasteiger partial charge in [0.05, 0.1) is 24.4 Å². The second kappa shape index (κ2) is 10.8. The van der Waals surface area contributed by atoms with Crippen LogP contribution in [0.25, 0.3) is 11.1 Å². The summed E-state index contributed by atoms with van der Waals surface area (Å²) in [6.07, 6.45) is 11.4. The van der Waals surface area contributed by atoms with E-state index in [0.29, 0.717) is 13.2 Å². The molecule has 2 unspecified atom stereocenters. The second-order valence-electron chi connectivity index (χ2n) is 11.4. The smallest absolute Gasteiger partial charge is 0.122 e. The lowest BCUT2D eigenvalue weighted by Crippen LogP contribution is -2.32. The summed E-state index contributed by atoms with van der Waals surface area (Å²) in [6.45, 7) is 10.9. The standard InChI is InChI=1S/C37H36O4/c1-3-9-25-19-27(15-17-35(25)40-23-29-21-38-29)37(33-13-7-5-11-31(33)32-12-6-8-14-34(32)37)28-16-18-36(26(20-28)10-4-2)41-24-30-22-39-30/h3-8,11-19,26,29-30H,1-2,9-10,20-24H2/t26?,29-,30?/m0/s1. The van der Waals surface area contributed by atoms with Crippen LogP contribution in [-0.2, 0) is 26.0 Å². The molecule has 2 heterocycles. The molecule has 4 nitrogen and oxygen atoms in total. The van der Waals surface area contributed by atoms with Gasteiger partial charge in [0.15, 0.2) is 0 Å². The number of epoxide rings is 2. The molecule has 0 bridgehead atoms. The van der Waals surface area contributed by atoms with E-state index in [1.165, 1.54) is 33.4 Å². The maximum absolute atomic E-state index is 6.28. The lowest BCUT2D eigenvalue weighted by molar-refractivity contribution is 0.152. The Morgan fingerprint density at radius 3 is 2.10 bits per heavy atom. The Labute approximate surface area is 242 Å². The van der Waals surface area contributed by atoms with Crippen LogP contribution in [0, 0.1) is 5.92 Å². The highest BCUT2D eigenvalue weighted by Gasteiger charge is 2.48. The SMILES string of the molecule is C=CCc1cc(C2(C3=CC=C(OCC4CO4)C(CC=C)C3)c3ccccc3-c3ccccc32)ccc1OC[C@@H]1CO1. The van der Waals surface area contributed by atoms with Gasteiger partial charge >= 0.3 is 0 Å². The van der Waals surface area contributed by atoms with Gasteiger partial charge in [-0.3, -0.25) is 0 Å². The molecule has 4 heteroatoms. The summed E-state index contributed by atoms with van der Waals surface area (Å²) in [5, 5.41) is 0. The number of ether oxygens (including phenoxy) is 4. The maximum Gasteiger partial charge on any atom is 0.122 e. The topological polar surface area (TPSA) is 43.5 Å². The molecule has 2 aliphatic carbocycles. The molecule has 3 aromatic rings. The number of fused-ring (bicyclic) bond motifs is 3. The quantitative estimate of drug-likeness (QED) is 0.177. The van der Waals surface area contributed by atoms with Gasteiger partial charge in [-0.05, 0) is 70.4 Å². The molecule has 2 saturated heterocycles. The lowest BCUT2D eigenvalue weighted by Gasteiger charge is -2.39. The van der Waals surface area contributed by atoms with Crippen molar-refractivity contribution in [2.75, 3.05) is 26.4 Å². The largest absolute Gasteiger partial charge is 0.495 e. The molecule has 0 aromatic heterocycles. The molecule has 0 radical (unpaired) electrons. The zero-order valence-electron chi connectivity index (χ0n) is 23.4. The van der Waals surface area contributed by atoms with E-state index < -0.39 is 5.41 Å². The first-order valence-electron chi connectivity index (χ1n) is 14.7. The minimum Gasteiger partial charge on any atom is -0.495 e. The van der Waals surface area contributed by atoms with Crippen LogP contribution in [0.1, 0.15) is 35.1 Å². The Hall–Kier alpha value is -3.86. The summed E-state index contributed by atoms with van der Waals surface area (Å²) >= 11 is 0. The highest BCUT2D eigenvalue weighted by molar-refractivity contribution is 5.86. The van der Waals surface area contributed by atoms with Crippen LogP contribution in [0.4, 0.5) is 0 Å². The fourth-order valence-electron chi connectivity index (χ4n) is 6.64. The van der Waals surface area contributed by atoms with E-state index in [0.717, 1.165) is 49.5 Å². The van der Waals surface area contributed by atoms with Crippen molar-refractivity contribution < 1.29 is 18.9 Å². The van der Waals surface area contributed by atoms with Gasteiger partial charge in [-0.2, -0.15) is 0 Å². The number of benzene rings is 3. The van der Waals surface area contributed by atoms with Crippen molar-refractivity contribution in [2.45, 2.75) is 36.9 Å². The predicted octanol–water partition coefficient (Wildman–Crippen LogP) is 7.33. The molecule has 2 fully saturated rings. The number of hydrogen-bond acceptors (Lipinski definition) is 4. The number of hydrogen-bond donors (Lipinski definition) is 0. The Bertz CT molecular complexity index is 1490. The van der Waals surface area contributed by atoms with E-state index in [2.05, 4.69) is 92.0 Å². The van der Waals surface area contributed by atoms with Gasteiger partial charge in [0.2, 0.25) is 0 Å². The van der Waals surface area contributed by atoms with Gasteiger partial charge in [-0.1, -0.05) is 78.9 Å². The van der Waals surface area contributed by atoms with Crippen molar-refractivity contribution in [1.29, 1.82) is 0 Å². The molecule has 208 valence electrons. The Morgan fingerprint density at radius 1 is 0.805 bits per heavy atom. The first-order valence-corrected chi connectivity index (χ1v) is 14.7. The lowest BCUT2D eigenvalue weighted by atomic mass is 9.63. The van der Waals surface area contributed by atoms with Crippen LogP contribution in [-0.4, -0.2) is 38.6 Å². The van der Waals surface area contributed by atoms with Crippen molar-refractivity contribution in [2.24, 2.45) is 5.92 Å². The average Bonchev–Trinajstić information content (AvgIpc) is 3.94. The minimum atomic E-state index is -0.442. The van der Waals surface area contributed by atoms with E-state index in [1.807, 2.05) is 12.2 Å². The summed E-state index contributed by atoms with van der Waals surface area (Å²) in [5.41, 5.74) is 8.52. The monoisotopic (exact) mass is 544 g/mol. The van der Waals surface area contributed by atoms with Crippen molar-refractivity contribution in [3.05, 3.63) is 138 Å². The van der Waals surface area contributed by atoms with Crippen molar-refractivity contribution in [3.8, 4) is 16.9 Å². The molecule has 3 aromatic carbocycles. The molecule has 0 N–H and O–H groups in total. The molecule has 0 amide bonds. The fourth-order valence-corrected chi connectivity index (χ4v) is 6.64. The third-order valence-corrected chi connectivity index (χ3v) is 8.73. The highest BCUT2D eigenvalue weighted by Crippen LogP contribution is 2.58. The first-order chi connectivity index (χ1) is 20.2. The van der Waals surface area contributed by atoms with E-state index in [-0.39, 0.29) is 18.1 Å². The van der Waals surface area contributed by atoms with Crippen LogP contribution in [0.15, 0.2) is 116 Å². The van der Waals surface area contributed by atoms with Crippen LogP contribution in [0.5, 0.6) is 5.75 Å². The summed E-state index contributed by atoms with van der Waals surface area (Å²) in [7, 11) is 0. The van der Waals surface area contributed by atoms with Crippen LogP contribution < -0.4 is 4.74 Å². The van der Waals surface area contributed by atoms with Gasteiger partial charge in [-0.25, -0.2) is 0 Å². The summed E-state index contributed by atoms with van der Waals surface area (Å²) < 4.78 is 23.3. The number of allylic oxidation sites excluding steroid dienone is 6. The van der Waals surface area contributed by atoms with Crippen molar-refractivity contribution >= 4 is 0 Å². The van der Waals surface area contributed by atoms with Gasteiger partial charge in [-0.15, -0.1) is 13.2 Å². The zero-order chi connectivity index (χ0) is 27.8. The Morgan fingerprint density at radius 2 is 1.46 bits per heavy atom.